The summed E-state index contributed by atoms with van der Waals surface area (Å²) in [5.74, 6) is -1.70. The highest BCUT2D eigenvalue weighted by Gasteiger charge is 2.54. The number of phosphoric acid groups is 2. The van der Waals surface area contributed by atoms with Gasteiger partial charge in [-0.25, -0.2) is 9.13 Å². The first-order valence-electron chi connectivity index (χ1n) is 24.7. The highest BCUT2D eigenvalue weighted by Crippen LogP contribution is 2.49. The number of ketones is 1. The molecule has 17 nitrogen and oxygen atoms in total. The summed E-state index contributed by atoms with van der Waals surface area (Å²) in [4.78, 5) is 66.7. The van der Waals surface area contributed by atoms with Crippen molar-refractivity contribution in [2.45, 2.75) is 191 Å². The Labute approximate surface area is 415 Å². The Morgan fingerprint density at radius 2 is 1.01 bits per heavy atom. The summed E-state index contributed by atoms with van der Waals surface area (Å²) in [7, 11) is -10.8. The lowest BCUT2D eigenvalue weighted by molar-refractivity contribution is -0.216. The molecule has 1 fully saturated rings. The van der Waals surface area contributed by atoms with Crippen LogP contribution in [0.2, 0.25) is 0 Å². The van der Waals surface area contributed by atoms with E-state index in [-0.39, 0.29) is 31.5 Å². The molecule has 70 heavy (non-hydrogen) atoms. The summed E-state index contributed by atoms with van der Waals surface area (Å²) in [6.07, 6.45) is 33.5. The van der Waals surface area contributed by atoms with Crippen molar-refractivity contribution in [1.29, 1.82) is 0 Å². The van der Waals surface area contributed by atoms with Gasteiger partial charge in [-0.2, -0.15) is 0 Å². The van der Waals surface area contributed by atoms with E-state index in [0.29, 0.717) is 12.8 Å². The number of allylic oxidation sites excluding steroid dienone is 16. The van der Waals surface area contributed by atoms with Crippen molar-refractivity contribution < 1.29 is 81.7 Å². The molecule has 0 saturated heterocycles. The number of carbonyl (C=O) groups is 3. The maximum Gasteiger partial charge on any atom is 0.472 e. The van der Waals surface area contributed by atoms with Crippen LogP contribution in [0.15, 0.2) is 97.2 Å². The highest BCUT2D eigenvalue weighted by atomic mass is 31.2. The highest BCUT2D eigenvalue weighted by molar-refractivity contribution is 7.47. The molecule has 398 valence electrons. The van der Waals surface area contributed by atoms with Crippen molar-refractivity contribution in [2.24, 2.45) is 0 Å². The van der Waals surface area contributed by atoms with Gasteiger partial charge in [0.05, 0.1) is 6.61 Å². The largest absolute Gasteiger partial charge is 0.472 e. The zero-order chi connectivity index (χ0) is 51.9. The van der Waals surface area contributed by atoms with Crippen LogP contribution in [0, 0.1) is 0 Å². The SMILES string of the molecule is CC/C=C\C/C=C\C/C=C\C/C=C\CCCCCCCCC(=O)O[C@H](COC(=O)CCCC(=O)/C=C/C=C\C/C=C\C/C=C\CCCCC)COP(=O)(O)O[C@H]1C(O)C(O)C(O)[C@@H](OP(=O)(O)O)C1O. The summed E-state index contributed by atoms with van der Waals surface area (Å²) < 4.78 is 49.2. The van der Waals surface area contributed by atoms with E-state index in [9.17, 15) is 58.6 Å². The number of phosphoric ester groups is 2. The number of aliphatic hydroxyl groups is 4. The van der Waals surface area contributed by atoms with Gasteiger partial charge in [-0.3, -0.25) is 28.0 Å². The third-order valence-corrected chi connectivity index (χ3v) is 12.1. The van der Waals surface area contributed by atoms with Gasteiger partial charge in [0.15, 0.2) is 11.9 Å². The van der Waals surface area contributed by atoms with Gasteiger partial charge in [0, 0.05) is 19.3 Å². The molecule has 1 saturated carbocycles. The molecule has 1 rings (SSSR count). The minimum atomic E-state index is -5.40. The van der Waals surface area contributed by atoms with Gasteiger partial charge in [0.2, 0.25) is 0 Å². The predicted octanol–water partition coefficient (Wildman–Crippen LogP) is 9.13. The molecule has 0 bridgehead atoms. The van der Waals surface area contributed by atoms with E-state index in [1.807, 2.05) is 12.2 Å². The van der Waals surface area contributed by atoms with Crippen LogP contribution in [0.1, 0.15) is 149 Å². The number of ether oxygens (including phenoxy) is 2. The zero-order valence-corrected chi connectivity index (χ0v) is 42.9. The fourth-order valence-electron chi connectivity index (χ4n) is 6.79. The van der Waals surface area contributed by atoms with E-state index >= 15 is 0 Å². The minimum Gasteiger partial charge on any atom is -0.462 e. The van der Waals surface area contributed by atoms with Crippen LogP contribution in [-0.2, 0) is 46.6 Å². The van der Waals surface area contributed by atoms with Crippen molar-refractivity contribution in [2.75, 3.05) is 13.2 Å². The van der Waals surface area contributed by atoms with Gasteiger partial charge in [-0.1, -0.05) is 144 Å². The van der Waals surface area contributed by atoms with E-state index in [1.54, 1.807) is 12.2 Å². The standard InChI is InChI=1S/C51H82O17P2/c1-3-5-7-9-11-13-15-17-18-19-20-21-22-24-26-28-30-32-34-38-45(54)66-43(41-65-70(62,63)68-51-48(57)46(55)47(56)50(49(51)58)67-69(59,60)61)40-64-44(53)39-35-37-42(52)36-33-31-29-27-25-23-16-14-12-10-8-6-4-2/h5,7,11-14,17-18,20-21,23,25,29,31,33,36,43,46-51,55-58H,3-4,6,8-10,15-16,19,22,24,26-28,30,32,34-35,37-41H2,1-2H3,(H,62,63)(H2,59,60,61)/b7-5-,13-11-,14-12-,18-17-,21-20-,25-23-,31-29-,36-33+/t43-,46?,47?,48?,49?,50-,51+/m1/s1. The minimum absolute atomic E-state index is 0.0281. The Bertz CT molecular complexity index is 1780. The summed E-state index contributed by atoms with van der Waals surface area (Å²) >= 11 is 0. The number of carbonyl (C=O) groups excluding carboxylic acids is 3. The van der Waals surface area contributed by atoms with Crippen LogP contribution in [0.4, 0.5) is 0 Å². The second-order valence-electron chi connectivity index (χ2n) is 16.8. The molecule has 8 atom stereocenters. The normalized spacial score (nSPS) is 21.7. The van der Waals surface area contributed by atoms with Gasteiger partial charge in [-0.15, -0.1) is 0 Å². The molecule has 1 aliphatic rings. The number of hydrogen-bond donors (Lipinski definition) is 7. The number of unbranched alkanes of at least 4 members (excludes halogenated alkanes) is 9. The molecule has 0 aromatic carbocycles. The maximum atomic E-state index is 13.0. The molecule has 0 heterocycles. The Morgan fingerprint density at radius 3 is 1.59 bits per heavy atom. The van der Waals surface area contributed by atoms with E-state index in [2.05, 4.69) is 85.2 Å². The zero-order valence-electron chi connectivity index (χ0n) is 41.1. The number of hydrogen-bond acceptors (Lipinski definition) is 14. The smallest absolute Gasteiger partial charge is 0.462 e. The Kier molecular flexibility index (Phi) is 37.0. The van der Waals surface area contributed by atoms with Gasteiger partial charge in [0.25, 0.3) is 0 Å². The molecular formula is C51H82O17P2. The molecular weight excluding hydrogens is 946 g/mol. The molecule has 0 aromatic heterocycles. The first kappa shape index (κ1) is 64.6. The van der Waals surface area contributed by atoms with E-state index in [4.69, 9.17) is 18.5 Å². The summed E-state index contributed by atoms with van der Waals surface area (Å²) in [5.41, 5.74) is 0. The Morgan fingerprint density at radius 1 is 0.514 bits per heavy atom. The van der Waals surface area contributed by atoms with Crippen LogP contribution >= 0.6 is 15.6 Å². The van der Waals surface area contributed by atoms with Crippen molar-refractivity contribution in [3.63, 3.8) is 0 Å². The van der Waals surface area contributed by atoms with E-state index in [0.717, 1.165) is 77.0 Å². The second-order valence-corrected chi connectivity index (χ2v) is 19.4. The van der Waals surface area contributed by atoms with Crippen molar-refractivity contribution in [3.8, 4) is 0 Å². The van der Waals surface area contributed by atoms with Gasteiger partial charge >= 0.3 is 27.6 Å². The first-order valence-corrected chi connectivity index (χ1v) is 27.8. The molecule has 0 amide bonds. The lowest BCUT2D eigenvalue weighted by Crippen LogP contribution is -2.64. The summed E-state index contributed by atoms with van der Waals surface area (Å²) in [6.45, 7) is 2.74. The first-order chi connectivity index (χ1) is 33.5. The van der Waals surface area contributed by atoms with E-state index < -0.39 is 83.5 Å². The van der Waals surface area contributed by atoms with Crippen LogP contribution in [0.3, 0.4) is 0 Å². The monoisotopic (exact) mass is 1030 g/mol. The van der Waals surface area contributed by atoms with E-state index in [1.165, 1.54) is 25.3 Å². The van der Waals surface area contributed by atoms with Gasteiger partial charge in [0.1, 0.15) is 43.2 Å². The summed E-state index contributed by atoms with van der Waals surface area (Å²) in [5, 5.41) is 41.3. The average Bonchev–Trinajstić information content (AvgIpc) is 3.31. The van der Waals surface area contributed by atoms with Crippen molar-refractivity contribution >= 4 is 33.4 Å². The Balaban J connectivity index is 2.66. The molecule has 5 unspecified atom stereocenters. The number of esters is 2. The van der Waals surface area contributed by atoms with Crippen LogP contribution in [-0.4, -0.2) is 109 Å². The lowest BCUT2D eigenvalue weighted by atomic mass is 9.85. The number of rotatable bonds is 40. The third kappa shape index (κ3) is 34.0. The predicted molar refractivity (Wildman–Crippen MR) is 269 cm³/mol. The van der Waals surface area contributed by atoms with Gasteiger partial charge < -0.3 is 44.6 Å². The molecule has 7 N–H and O–H groups in total. The van der Waals surface area contributed by atoms with Crippen molar-refractivity contribution in [3.05, 3.63) is 97.2 Å². The summed E-state index contributed by atoms with van der Waals surface area (Å²) in [6, 6.07) is 0. The molecule has 0 aromatic rings. The van der Waals surface area contributed by atoms with Crippen LogP contribution in [0.25, 0.3) is 0 Å². The Hall–Kier alpha value is -3.41. The molecule has 1 aliphatic carbocycles. The van der Waals surface area contributed by atoms with Crippen LogP contribution < -0.4 is 0 Å². The second kappa shape index (κ2) is 40.1. The molecule has 0 spiro atoms. The lowest BCUT2D eigenvalue weighted by Gasteiger charge is -2.43. The van der Waals surface area contributed by atoms with Crippen molar-refractivity contribution in [1.82, 2.24) is 0 Å². The molecule has 19 heteroatoms. The number of aliphatic hydroxyl groups excluding tert-OH is 4. The maximum absolute atomic E-state index is 13.0. The quantitative estimate of drug-likeness (QED) is 0.00752. The fraction of sp³-hybridized carbons (Fsp3) is 0.627. The fourth-order valence-corrected chi connectivity index (χ4v) is 8.33. The molecule has 0 aliphatic heterocycles. The third-order valence-electron chi connectivity index (χ3n) is 10.6. The molecule has 0 radical (unpaired) electrons. The topological polar surface area (TPSA) is 273 Å². The average molecular weight is 1030 g/mol. The van der Waals surface area contributed by atoms with Gasteiger partial charge in [-0.05, 0) is 83.1 Å². The van der Waals surface area contributed by atoms with Crippen LogP contribution in [0.5, 0.6) is 0 Å².